The number of benzene rings is 1. The van der Waals surface area contributed by atoms with Crippen LogP contribution < -0.4 is 0 Å². The maximum Gasteiger partial charge on any atom is 0.162 e. The number of hydrogen-bond acceptors (Lipinski definition) is 3. The van der Waals surface area contributed by atoms with Crippen LogP contribution >= 0.6 is 0 Å². The second kappa shape index (κ2) is 8.44. The van der Waals surface area contributed by atoms with E-state index in [-0.39, 0.29) is 17.5 Å². The summed E-state index contributed by atoms with van der Waals surface area (Å²) in [5.41, 5.74) is 0.555. The Kier molecular flexibility index (Phi) is 6.89. The maximum atomic E-state index is 12.8. The van der Waals surface area contributed by atoms with Crippen LogP contribution in [-0.2, 0) is 0 Å². The standard InChI is InChI=1S/C16H21FN2O/c1-3-19(12-13(2)11-18)10-4-5-16(20)14-6-8-15(17)9-7-14/h6-9,13H,3-5,10,12H2,1-2H3. The van der Waals surface area contributed by atoms with Crippen LogP contribution in [0.4, 0.5) is 4.39 Å². The number of ketones is 1. The molecule has 0 N–H and O–H groups in total. The zero-order valence-corrected chi connectivity index (χ0v) is 12.1. The minimum absolute atomic E-state index is 0.00255. The van der Waals surface area contributed by atoms with E-state index in [0.717, 1.165) is 26.1 Å². The van der Waals surface area contributed by atoms with Crippen LogP contribution in [0.5, 0.6) is 0 Å². The molecule has 0 amide bonds. The molecular weight excluding hydrogens is 255 g/mol. The first-order valence-corrected chi connectivity index (χ1v) is 6.97. The molecule has 1 aromatic carbocycles. The molecule has 0 saturated heterocycles. The molecule has 0 bridgehead atoms. The molecule has 1 atom stereocenters. The lowest BCUT2D eigenvalue weighted by Crippen LogP contribution is -2.29. The molecule has 0 aliphatic carbocycles. The summed E-state index contributed by atoms with van der Waals surface area (Å²) in [5.74, 6) is -0.290. The molecule has 108 valence electrons. The summed E-state index contributed by atoms with van der Waals surface area (Å²) in [7, 11) is 0. The summed E-state index contributed by atoms with van der Waals surface area (Å²) in [6.07, 6.45) is 1.20. The predicted octanol–water partition coefficient (Wildman–Crippen LogP) is 3.27. The lowest BCUT2D eigenvalue weighted by Gasteiger charge is -2.21. The Morgan fingerprint density at radius 2 is 2.05 bits per heavy atom. The topological polar surface area (TPSA) is 44.1 Å². The van der Waals surface area contributed by atoms with E-state index in [1.165, 1.54) is 24.3 Å². The quantitative estimate of drug-likeness (QED) is 0.684. The Bertz CT molecular complexity index is 464. The molecule has 1 unspecified atom stereocenters. The molecule has 0 aliphatic rings. The molecule has 3 nitrogen and oxygen atoms in total. The average molecular weight is 276 g/mol. The first-order valence-electron chi connectivity index (χ1n) is 6.97. The third-order valence-electron chi connectivity index (χ3n) is 3.24. The van der Waals surface area contributed by atoms with Gasteiger partial charge in [0.2, 0.25) is 0 Å². The molecule has 0 aliphatic heterocycles. The van der Waals surface area contributed by atoms with Crippen molar-refractivity contribution in [1.82, 2.24) is 4.90 Å². The molecular formula is C16H21FN2O. The molecule has 0 saturated carbocycles. The van der Waals surface area contributed by atoms with Gasteiger partial charge in [-0.05, 0) is 50.7 Å². The van der Waals surface area contributed by atoms with Gasteiger partial charge in [-0.15, -0.1) is 0 Å². The summed E-state index contributed by atoms with van der Waals surface area (Å²) in [4.78, 5) is 14.1. The van der Waals surface area contributed by atoms with Crippen molar-refractivity contribution in [2.24, 2.45) is 5.92 Å². The third-order valence-corrected chi connectivity index (χ3v) is 3.24. The highest BCUT2D eigenvalue weighted by molar-refractivity contribution is 5.95. The number of halogens is 1. The van der Waals surface area contributed by atoms with E-state index < -0.39 is 0 Å². The Balaban J connectivity index is 2.37. The summed E-state index contributed by atoms with van der Waals surface area (Å²) >= 11 is 0. The van der Waals surface area contributed by atoms with Crippen LogP contribution in [0.1, 0.15) is 37.0 Å². The van der Waals surface area contributed by atoms with Gasteiger partial charge in [-0.1, -0.05) is 6.92 Å². The van der Waals surface area contributed by atoms with Gasteiger partial charge in [0, 0.05) is 18.5 Å². The van der Waals surface area contributed by atoms with Crippen LogP contribution in [0.2, 0.25) is 0 Å². The molecule has 0 spiro atoms. The molecule has 0 heterocycles. The normalized spacial score (nSPS) is 12.2. The van der Waals surface area contributed by atoms with Crippen LogP contribution in [0.25, 0.3) is 0 Å². The average Bonchev–Trinajstić information content (AvgIpc) is 2.46. The van der Waals surface area contributed by atoms with Gasteiger partial charge in [0.1, 0.15) is 5.82 Å². The molecule has 1 aromatic rings. The monoisotopic (exact) mass is 276 g/mol. The Labute approximate surface area is 120 Å². The molecule has 1 rings (SSSR count). The third kappa shape index (κ3) is 5.50. The fraction of sp³-hybridized carbons (Fsp3) is 0.500. The second-order valence-corrected chi connectivity index (χ2v) is 4.96. The van der Waals surface area contributed by atoms with Gasteiger partial charge in [-0.2, -0.15) is 5.26 Å². The van der Waals surface area contributed by atoms with Crippen LogP contribution in [0.15, 0.2) is 24.3 Å². The molecule has 4 heteroatoms. The zero-order chi connectivity index (χ0) is 15.0. The molecule has 0 radical (unpaired) electrons. The summed E-state index contributed by atoms with van der Waals surface area (Å²) < 4.78 is 12.8. The fourth-order valence-electron chi connectivity index (χ4n) is 2.05. The lowest BCUT2D eigenvalue weighted by atomic mass is 10.1. The predicted molar refractivity (Wildman–Crippen MR) is 76.9 cm³/mol. The van der Waals surface area contributed by atoms with E-state index in [0.29, 0.717) is 12.0 Å². The van der Waals surface area contributed by atoms with Crippen LogP contribution in [-0.4, -0.2) is 30.3 Å². The van der Waals surface area contributed by atoms with Crippen molar-refractivity contribution >= 4 is 5.78 Å². The van der Waals surface area contributed by atoms with Crippen molar-refractivity contribution in [2.75, 3.05) is 19.6 Å². The van der Waals surface area contributed by atoms with E-state index >= 15 is 0 Å². The van der Waals surface area contributed by atoms with E-state index in [9.17, 15) is 9.18 Å². The summed E-state index contributed by atoms with van der Waals surface area (Å²) in [6.45, 7) is 6.35. The highest BCUT2D eigenvalue weighted by Crippen LogP contribution is 2.08. The number of carbonyl (C=O) groups is 1. The SMILES string of the molecule is CCN(CCCC(=O)c1ccc(F)cc1)CC(C)C#N. The van der Waals surface area contributed by atoms with Crippen molar-refractivity contribution in [3.8, 4) is 6.07 Å². The van der Waals surface area contributed by atoms with Gasteiger partial charge in [0.25, 0.3) is 0 Å². The summed E-state index contributed by atoms with van der Waals surface area (Å²) in [5, 5.41) is 8.80. The first kappa shape index (κ1) is 16.3. The number of rotatable bonds is 8. The number of Topliss-reactive ketones (excluding diaryl/α,β-unsaturated/α-hetero) is 1. The summed E-state index contributed by atoms with van der Waals surface area (Å²) in [6, 6.07) is 7.87. The van der Waals surface area contributed by atoms with Crippen molar-refractivity contribution in [3.05, 3.63) is 35.6 Å². The Morgan fingerprint density at radius 3 is 2.60 bits per heavy atom. The number of nitrogens with zero attached hydrogens (tertiary/aromatic N) is 2. The van der Waals surface area contributed by atoms with E-state index in [4.69, 9.17) is 5.26 Å². The Hall–Kier alpha value is -1.73. The van der Waals surface area contributed by atoms with E-state index in [2.05, 4.69) is 11.0 Å². The smallest absolute Gasteiger partial charge is 0.162 e. The van der Waals surface area contributed by atoms with Crippen LogP contribution in [0.3, 0.4) is 0 Å². The van der Waals surface area contributed by atoms with Gasteiger partial charge < -0.3 is 4.90 Å². The first-order chi connectivity index (χ1) is 9.56. The number of carbonyl (C=O) groups excluding carboxylic acids is 1. The highest BCUT2D eigenvalue weighted by Gasteiger charge is 2.10. The van der Waals surface area contributed by atoms with Gasteiger partial charge in [0.15, 0.2) is 5.78 Å². The maximum absolute atomic E-state index is 12.8. The van der Waals surface area contributed by atoms with Gasteiger partial charge in [-0.25, -0.2) is 4.39 Å². The molecule has 20 heavy (non-hydrogen) atoms. The van der Waals surface area contributed by atoms with E-state index in [1.807, 2.05) is 13.8 Å². The largest absolute Gasteiger partial charge is 0.302 e. The minimum Gasteiger partial charge on any atom is -0.302 e. The number of hydrogen-bond donors (Lipinski definition) is 0. The molecule has 0 aromatic heterocycles. The minimum atomic E-state index is -0.329. The number of nitriles is 1. The van der Waals surface area contributed by atoms with Crippen LogP contribution in [0, 0.1) is 23.1 Å². The second-order valence-electron chi connectivity index (χ2n) is 4.96. The molecule has 0 fully saturated rings. The fourth-order valence-corrected chi connectivity index (χ4v) is 2.05. The van der Waals surface area contributed by atoms with Crippen molar-refractivity contribution in [3.63, 3.8) is 0 Å². The highest BCUT2D eigenvalue weighted by atomic mass is 19.1. The van der Waals surface area contributed by atoms with Crippen molar-refractivity contribution in [1.29, 1.82) is 5.26 Å². The zero-order valence-electron chi connectivity index (χ0n) is 12.1. The van der Waals surface area contributed by atoms with Gasteiger partial charge >= 0.3 is 0 Å². The Morgan fingerprint density at radius 1 is 1.40 bits per heavy atom. The van der Waals surface area contributed by atoms with Gasteiger partial charge in [-0.3, -0.25) is 4.79 Å². The van der Waals surface area contributed by atoms with E-state index in [1.54, 1.807) is 0 Å². The van der Waals surface area contributed by atoms with Crippen molar-refractivity contribution in [2.45, 2.75) is 26.7 Å². The lowest BCUT2D eigenvalue weighted by molar-refractivity contribution is 0.0974. The van der Waals surface area contributed by atoms with Gasteiger partial charge in [0.05, 0.1) is 12.0 Å². The van der Waals surface area contributed by atoms with Crippen molar-refractivity contribution < 1.29 is 9.18 Å².